The second kappa shape index (κ2) is 2.56. The molecule has 0 aromatic carbocycles. The van der Waals surface area contributed by atoms with Gasteiger partial charge in [-0.15, -0.1) is 0 Å². The van der Waals surface area contributed by atoms with Crippen LogP contribution in [-0.4, -0.2) is 18.0 Å². The number of ether oxygens (including phenoxy) is 1. The Morgan fingerprint density at radius 3 is 2.60 bits per heavy atom. The molecule has 2 atom stereocenters. The molecule has 0 aliphatic heterocycles. The van der Waals surface area contributed by atoms with E-state index in [0.717, 1.165) is 0 Å². The molecule has 1 aliphatic carbocycles. The van der Waals surface area contributed by atoms with Crippen LogP contribution >= 0.6 is 0 Å². The van der Waals surface area contributed by atoms with Crippen LogP contribution in [0.1, 0.15) is 6.92 Å². The lowest BCUT2D eigenvalue weighted by molar-refractivity contribution is -0.169. The number of hydrogen-bond donors (Lipinski definition) is 1. The topological polar surface area (TPSA) is 29.5 Å². The minimum Gasteiger partial charge on any atom is -0.362 e. The highest BCUT2D eigenvalue weighted by atomic mass is 16.6. The molecule has 0 spiro atoms. The van der Waals surface area contributed by atoms with Crippen LogP contribution in [0.5, 0.6) is 0 Å². The summed E-state index contributed by atoms with van der Waals surface area (Å²) in [4.78, 5) is 0. The van der Waals surface area contributed by atoms with Crippen LogP contribution in [0, 0.1) is 5.92 Å². The average molecular weight is 140 g/mol. The third-order valence-corrected chi connectivity index (χ3v) is 1.83. The Morgan fingerprint density at radius 2 is 2.20 bits per heavy atom. The van der Waals surface area contributed by atoms with E-state index < -0.39 is 5.79 Å². The lowest BCUT2D eigenvalue weighted by atomic mass is 9.96. The fourth-order valence-electron chi connectivity index (χ4n) is 0.968. The highest BCUT2D eigenvalue weighted by molar-refractivity contribution is 5.17. The van der Waals surface area contributed by atoms with Crippen molar-refractivity contribution in [2.75, 3.05) is 7.11 Å². The molecule has 2 heteroatoms. The van der Waals surface area contributed by atoms with Gasteiger partial charge in [0.05, 0.1) is 0 Å². The zero-order valence-corrected chi connectivity index (χ0v) is 6.24. The summed E-state index contributed by atoms with van der Waals surface area (Å²) in [7, 11) is 1.50. The van der Waals surface area contributed by atoms with Gasteiger partial charge in [0.15, 0.2) is 5.79 Å². The van der Waals surface area contributed by atoms with Gasteiger partial charge in [0, 0.05) is 13.0 Å². The summed E-state index contributed by atoms with van der Waals surface area (Å²) >= 11 is 0. The van der Waals surface area contributed by atoms with Gasteiger partial charge in [0.1, 0.15) is 0 Å². The van der Waals surface area contributed by atoms with Gasteiger partial charge >= 0.3 is 0 Å². The van der Waals surface area contributed by atoms with Crippen LogP contribution < -0.4 is 0 Å². The molecule has 0 aromatic heterocycles. The Bertz CT molecular complexity index is 172. The predicted octanol–water partition coefficient (Wildman–Crippen LogP) is 1.08. The largest absolute Gasteiger partial charge is 0.362 e. The molecule has 0 fully saturated rings. The number of hydrogen-bond acceptors (Lipinski definition) is 2. The van der Waals surface area contributed by atoms with Gasteiger partial charge in [-0.1, -0.05) is 25.2 Å². The van der Waals surface area contributed by atoms with E-state index in [4.69, 9.17) is 4.74 Å². The Morgan fingerprint density at radius 1 is 1.50 bits per heavy atom. The smallest absolute Gasteiger partial charge is 0.191 e. The Hall–Kier alpha value is -0.600. The predicted molar refractivity (Wildman–Crippen MR) is 39.4 cm³/mol. The molecule has 0 aromatic rings. The maximum Gasteiger partial charge on any atom is 0.191 e. The molecule has 0 saturated carbocycles. The van der Waals surface area contributed by atoms with Crippen molar-refractivity contribution < 1.29 is 9.84 Å². The summed E-state index contributed by atoms with van der Waals surface area (Å²) in [6.07, 6.45) is 7.24. The van der Waals surface area contributed by atoms with Gasteiger partial charge in [0.25, 0.3) is 0 Å². The van der Waals surface area contributed by atoms with E-state index in [9.17, 15) is 5.11 Å². The molecule has 0 saturated heterocycles. The minimum absolute atomic E-state index is 0.0301. The van der Waals surface area contributed by atoms with E-state index in [1.54, 1.807) is 12.2 Å². The molecule has 10 heavy (non-hydrogen) atoms. The van der Waals surface area contributed by atoms with Crippen molar-refractivity contribution >= 4 is 0 Å². The second-order valence-corrected chi connectivity index (χ2v) is 2.49. The van der Waals surface area contributed by atoms with Gasteiger partial charge in [-0.3, -0.25) is 0 Å². The molecule has 0 bridgehead atoms. The quantitative estimate of drug-likeness (QED) is 0.552. The van der Waals surface area contributed by atoms with Crippen molar-refractivity contribution in [1.29, 1.82) is 0 Å². The lowest BCUT2D eigenvalue weighted by Gasteiger charge is -2.29. The molecule has 2 nitrogen and oxygen atoms in total. The number of methoxy groups -OCH3 is 1. The first kappa shape index (κ1) is 7.51. The van der Waals surface area contributed by atoms with Gasteiger partial charge in [-0.25, -0.2) is 0 Å². The zero-order chi connectivity index (χ0) is 7.61. The van der Waals surface area contributed by atoms with Crippen LogP contribution in [0.15, 0.2) is 24.3 Å². The molecule has 0 heterocycles. The molecule has 1 N–H and O–H groups in total. The maximum atomic E-state index is 9.59. The van der Waals surface area contributed by atoms with Gasteiger partial charge in [0.2, 0.25) is 0 Å². The molecule has 1 rings (SSSR count). The summed E-state index contributed by atoms with van der Waals surface area (Å²) in [5.41, 5.74) is 0. The standard InChI is InChI=1S/C8H12O2/c1-7-5-3-4-6-8(7,9)10-2/h3-7,9H,1-2H3. The van der Waals surface area contributed by atoms with Gasteiger partial charge in [-0.2, -0.15) is 0 Å². The summed E-state index contributed by atoms with van der Waals surface area (Å²) in [6, 6.07) is 0. The molecular weight excluding hydrogens is 128 g/mol. The van der Waals surface area contributed by atoms with E-state index in [0.29, 0.717) is 0 Å². The van der Waals surface area contributed by atoms with E-state index in [1.807, 2.05) is 19.1 Å². The van der Waals surface area contributed by atoms with Crippen LogP contribution in [0.4, 0.5) is 0 Å². The molecule has 2 unspecified atom stereocenters. The first-order valence-corrected chi connectivity index (χ1v) is 3.32. The van der Waals surface area contributed by atoms with Crippen molar-refractivity contribution in [1.82, 2.24) is 0 Å². The molecule has 56 valence electrons. The molecule has 0 amide bonds. The van der Waals surface area contributed by atoms with Crippen LogP contribution in [0.25, 0.3) is 0 Å². The summed E-state index contributed by atoms with van der Waals surface area (Å²) in [6.45, 7) is 1.91. The van der Waals surface area contributed by atoms with Crippen LogP contribution in [-0.2, 0) is 4.74 Å². The number of aliphatic hydroxyl groups is 1. The summed E-state index contributed by atoms with van der Waals surface area (Å²) in [5.74, 6) is -1.06. The van der Waals surface area contributed by atoms with Crippen LogP contribution in [0.3, 0.4) is 0 Å². The van der Waals surface area contributed by atoms with Crippen molar-refractivity contribution in [3.8, 4) is 0 Å². The highest BCUT2D eigenvalue weighted by Crippen LogP contribution is 2.23. The third kappa shape index (κ3) is 1.13. The summed E-state index contributed by atoms with van der Waals surface area (Å²) < 4.78 is 4.91. The second-order valence-electron chi connectivity index (χ2n) is 2.49. The fourth-order valence-corrected chi connectivity index (χ4v) is 0.968. The Labute approximate surface area is 60.8 Å². The van der Waals surface area contributed by atoms with Crippen molar-refractivity contribution in [3.63, 3.8) is 0 Å². The fraction of sp³-hybridized carbons (Fsp3) is 0.500. The zero-order valence-electron chi connectivity index (χ0n) is 6.24. The van der Waals surface area contributed by atoms with E-state index in [2.05, 4.69) is 0 Å². The molecule has 0 radical (unpaired) electrons. The molecule has 1 aliphatic rings. The Kier molecular flexibility index (Phi) is 1.92. The minimum atomic E-state index is -1.09. The first-order valence-electron chi connectivity index (χ1n) is 3.32. The number of allylic oxidation sites excluding steroid dienone is 2. The first-order chi connectivity index (χ1) is 4.69. The average Bonchev–Trinajstić information content (AvgIpc) is 1.96. The van der Waals surface area contributed by atoms with E-state index in [-0.39, 0.29) is 5.92 Å². The van der Waals surface area contributed by atoms with E-state index >= 15 is 0 Å². The molecular formula is C8H12O2. The van der Waals surface area contributed by atoms with Crippen molar-refractivity contribution in [3.05, 3.63) is 24.3 Å². The number of rotatable bonds is 1. The lowest BCUT2D eigenvalue weighted by Crippen LogP contribution is -2.36. The highest BCUT2D eigenvalue weighted by Gasteiger charge is 2.29. The van der Waals surface area contributed by atoms with Gasteiger partial charge in [-0.05, 0) is 6.08 Å². The van der Waals surface area contributed by atoms with E-state index in [1.165, 1.54) is 7.11 Å². The maximum absolute atomic E-state index is 9.59. The van der Waals surface area contributed by atoms with Crippen molar-refractivity contribution in [2.24, 2.45) is 5.92 Å². The normalized spacial score (nSPS) is 38.5. The monoisotopic (exact) mass is 140 g/mol. The SMILES string of the molecule is COC1(O)C=CC=CC1C. The summed E-state index contributed by atoms with van der Waals surface area (Å²) in [5, 5.41) is 9.59. The van der Waals surface area contributed by atoms with Gasteiger partial charge < -0.3 is 9.84 Å². The Balaban J connectivity index is 2.77. The van der Waals surface area contributed by atoms with Crippen LogP contribution in [0.2, 0.25) is 0 Å². The third-order valence-electron chi connectivity index (χ3n) is 1.83. The van der Waals surface area contributed by atoms with Crippen molar-refractivity contribution in [2.45, 2.75) is 12.7 Å².